The third-order valence-corrected chi connectivity index (χ3v) is 7.01. The monoisotopic (exact) mass is 541 g/mol. The number of nitrogens with zero attached hydrogens (tertiary/aromatic N) is 1. The average Bonchev–Trinajstić information content (AvgIpc) is 3.43. The van der Waals surface area contributed by atoms with Crippen LogP contribution in [0.1, 0.15) is 62.6 Å². The lowest BCUT2D eigenvalue weighted by Crippen LogP contribution is -2.29. The molecule has 0 atom stereocenters. The van der Waals surface area contributed by atoms with Crippen molar-refractivity contribution in [2.24, 2.45) is 0 Å². The maximum absolute atomic E-state index is 15.0. The Bertz CT molecular complexity index is 1260. The number of carbonyl (C=O) groups is 1. The highest BCUT2D eigenvalue weighted by Crippen LogP contribution is 2.46. The SMILES string of the molecule is CC.COCC1(c2cc(COc3cccc(CCC(=O)O)c3F)ccc2-c2cc(OC)ncc2F)CCCC1. The maximum atomic E-state index is 15.0. The molecule has 0 saturated heterocycles. The molecule has 39 heavy (non-hydrogen) atoms. The number of hydrogen-bond donors (Lipinski definition) is 1. The van der Waals surface area contributed by atoms with Gasteiger partial charge in [0.05, 0.1) is 19.9 Å². The summed E-state index contributed by atoms with van der Waals surface area (Å²) in [5, 5.41) is 8.92. The number of halogens is 2. The van der Waals surface area contributed by atoms with Gasteiger partial charge in [0.2, 0.25) is 5.88 Å². The zero-order valence-electron chi connectivity index (χ0n) is 23.1. The van der Waals surface area contributed by atoms with Crippen molar-refractivity contribution >= 4 is 5.97 Å². The zero-order chi connectivity index (χ0) is 28.4. The third-order valence-electron chi connectivity index (χ3n) is 7.01. The smallest absolute Gasteiger partial charge is 0.303 e. The van der Waals surface area contributed by atoms with Crippen LogP contribution in [-0.4, -0.2) is 36.9 Å². The Labute approximate surface area is 229 Å². The van der Waals surface area contributed by atoms with Gasteiger partial charge in [0.25, 0.3) is 0 Å². The molecule has 0 radical (unpaired) electrons. The molecule has 1 saturated carbocycles. The number of benzene rings is 2. The Morgan fingerprint density at radius 2 is 1.79 bits per heavy atom. The molecule has 1 aliphatic carbocycles. The number of rotatable bonds is 11. The summed E-state index contributed by atoms with van der Waals surface area (Å²) >= 11 is 0. The number of aliphatic carboxylic acids is 1. The van der Waals surface area contributed by atoms with E-state index in [9.17, 15) is 13.6 Å². The Balaban J connectivity index is 0.00000205. The lowest BCUT2D eigenvalue weighted by atomic mass is 9.75. The van der Waals surface area contributed by atoms with Gasteiger partial charge in [-0.2, -0.15) is 0 Å². The molecule has 3 aromatic rings. The van der Waals surface area contributed by atoms with Crippen LogP contribution in [0.4, 0.5) is 8.78 Å². The molecule has 1 aliphatic rings. The largest absolute Gasteiger partial charge is 0.486 e. The number of carboxylic acids is 1. The summed E-state index contributed by atoms with van der Waals surface area (Å²) in [6.07, 6.45) is 4.97. The van der Waals surface area contributed by atoms with Crippen molar-refractivity contribution in [3.8, 4) is 22.8 Å². The second-order valence-electron chi connectivity index (χ2n) is 9.42. The van der Waals surface area contributed by atoms with Crippen LogP contribution in [0.15, 0.2) is 48.7 Å². The molecule has 1 N–H and O–H groups in total. The van der Waals surface area contributed by atoms with Crippen LogP contribution >= 0.6 is 0 Å². The van der Waals surface area contributed by atoms with Gasteiger partial charge in [-0.3, -0.25) is 4.79 Å². The van der Waals surface area contributed by atoms with Crippen LogP contribution in [0.25, 0.3) is 11.1 Å². The zero-order valence-corrected chi connectivity index (χ0v) is 23.1. The molecule has 2 aromatic carbocycles. The molecule has 0 spiro atoms. The molecule has 0 amide bonds. The Kier molecular flexibility index (Phi) is 10.8. The summed E-state index contributed by atoms with van der Waals surface area (Å²) in [5.74, 6) is -1.61. The molecule has 0 aliphatic heterocycles. The number of pyridine rings is 1. The molecule has 0 unspecified atom stereocenters. The molecule has 210 valence electrons. The van der Waals surface area contributed by atoms with E-state index in [1.807, 2.05) is 32.0 Å². The van der Waals surface area contributed by atoms with Crippen molar-refractivity contribution in [1.29, 1.82) is 0 Å². The van der Waals surface area contributed by atoms with Gasteiger partial charge < -0.3 is 19.3 Å². The van der Waals surface area contributed by atoms with Crippen molar-refractivity contribution in [1.82, 2.24) is 4.98 Å². The molecular weight excluding hydrogens is 504 g/mol. The third kappa shape index (κ3) is 7.12. The number of carboxylic acid groups (broad SMARTS) is 1. The van der Waals surface area contributed by atoms with Gasteiger partial charge in [0.1, 0.15) is 12.4 Å². The topological polar surface area (TPSA) is 77.9 Å². The summed E-state index contributed by atoms with van der Waals surface area (Å²) in [5.41, 5.74) is 2.90. The number of hydrogen-bond acceptors (Lipinski definition) is 5. The Hall–Kier alpha value is -3.52. The van der Waals surface area contributed by atoms with Gasteiger partial charge in [0.15, 0.2) is 11.6 Å². The highest BCUT2D eigenvalue weighted by atomic mass is 19.1. The minimum absolute atomic E-state index is 0.0610. The summed E-state index contributed by atoms with van der Waals surface area (Å²) in [6, 6.07) is 12.0. The van der Waals surface area contributed by atoms with Crippen LogP contribution in [0.5, 0.6) is 11.6 Å². The normalized spacial score (nSPS) is 13.9. The van der Waals surface area contributed by atoms with Crippen LogP contribution in [0.3, 0.4) is 0 Å². The first-order valence-electron chi connectivity index (χ1n) is 13.3. The lowest BCUT2D eigenvalue weighted by Gasteiger charge is -2.32. The van der Waals surface area contributed by atoms with E-state index in [1.54, 1.807) is 25.3 Å². The highest BCUT2D eigenvalue weighted by Gasteiger charge is 2.38. The molecular formula is C31H37F2NO5. The number of methoxy groups -OCH3 is 2. The van der Waals surface area contributed by atoms with E-state index in [0.717, 1.165) is 48.6 Å². The van der Waals surface area contributed by atoms with Crippen molar-refractivity contribution in [3.63, 3.8) is 0 Å². The van der Waals surface area contributed by atoms with Crippen molar-refractivity contribution in [3.05, 3.63) is 77.0 Å². The highest BCUT2D eigenvalue weighted by molar-refractivity contribution is 5.71. The number of aromatic nitrogens is 1. The van der Waals surface area contributed by atoms with Crippen molar-refractivity contribution in [2.75, 3.05) is 20.8 Å². The standard InChI is InChI=1S/C29H31F2NO5.C2H6/c1-35-18-29(12-3-4-13-29)23-14-19(8-10-21(23)22-15-26(36-2)32-16-24(22)30)17-37-25-7-5-6-20(28(25)31)9-11-27(33)34;1-2/h5-8,10,14-16H,3-4,9,11-13,17-18H2,1-2H3,(H,33,34);1-2H3. The molecule has 1 heterocycles. The molecule has 1 fully saturated rings. The van der Waals surface area contributed by atoms with Crippen LogP contribution in [-0.2, 0) is 28.0 Å². The van der Waals surface area contributed by atoms with E-state index in [-0.39, 0.29) is 30.6 Å². The van der Waals surface area contributed by atoms with E-state index in [2.05, 4.69) is 4.98 Å². The molecule has 0 bridgehead atoms. The van der Waals surface area contributed by atoms with Crippen molar-refractivity contribution < 1.29 is 32.9 Å². The molecule has 4 rings (SSSR count). The fourth-order valence-electron chi connectivity index (χ4n) is 5.18. The quantitative estimate of drug-likeness (QED) is 0.279. The summed E-state index contributed by atoms with van der Waals surface area (Å²) in [6.45, 7) is 4.59. The second-order valence-corrected chi connectivity index (χ2v) is 9.42. The Morgan fingerprint density at radius 3 is 2.46 bits per heavy atom. The van der Waals surface area contributed by atoms with Gasteiger partial charge in [-0.1, -0.05) is 57.0 Å². The van der Waals surface area contributed by atoms with E-state index >= 15 is 0 Å². The van der Waals surface area contributed by atoms with Gasteiger partial charge in [0, 0.05) is 30.6 Å². The molecule has 1 aromatic heterocycles. The first-order chi connectivity index (χ1) is 18.9. The van der Waals surface area contributed by atoms with Gasteiger partial charge >= 0.3 is 5.97 Å². The second kappa shape index (κ2) is 14.0. The molecule has 6 nitrogen and oxygen atoms in total. The van der Waals surface area contributed by atoms with Gasteiger partial charge in [-0.05, 0) is 47.6 Å². The maximum Gasteiger partial charge on any atom is 0.303 e. The predicted molar refractivity (Wildman–Crippen MR) is 146 cm³/mol. The Morgan fingerprint density at radius 1 is 1.05 bits per heavy atom. The van der Waals surface area contributed by atoms with Crippen LogP contribution in [0, 0.1) is 11.6 Å². The molecule has 8 heteroatoms. The van der Waals surface area contributed by atoms with Crippen LogP contribution < -0.4 is 9.47 Å². The summed E-state index contributed by atoms with van der Waals surface area (Å²) in [4.78, 5) is 14.9. The van der Waals surface area contributed by atoms with Crippen molar-refractivity contribution in [2.45, 2.75) is 64.4 Å². The fraction of sp³-hybridized carbons (Fsp3) is 0.419. The minimum Gasteiger partial charge on any atom is -0.486 e. The number of ether oxygens (including phenoxy) is 3. The first-order valence-corrected chi connectivity index (χ1v) is 13.3. The first kappa shape index (κ1) is 30.0. The lowest BCUT2D eigenvalue weighted by molar-refractivity contribution is -0.136. The average molecular weight is 542 g/mol. The summed E-state index contributed by atoms with van der Waals surface area (Å²) in [7, 11) is 3.16. The van der Waals surface area contributed by atoms with E-state index in [1.165, 1.54) is 13.2 Å². The number of aryl methyl sites for hydroxylation is 1. The van der Waals surface area contributed by atoms with E-state index < -0.39 is 17.6 Å². The fourth-order valence-corrected chi connectivity index (χ4v) is 5.18. The van der Waals surface area contributed by atoms with E-state index in [4.69, 9.17) is 19.3 Å². The van der Waals surface area contributed by atoms with Crippen LogP contribution in [0.2, 0.25) is 0 Å². The van der Waals surface area contributed by atoms with E-state index in [0.29, 0.717) is 23.6 Å². The summed E-state index contributed by atoms with van der Waals surface area (Å²) < 4.78 is 46.6. The van der Waals surface area contributed by atoms with Gasteiger partial charge in [-0.15, -0.1) is 0 Å². The predicted octanol–water partition coefficient (Wildman–Crippen LogP) is 7.12. The van der Waals surface area contributed by atoms with Gasteiger partial charge in [-0.25, -0.2) is 13.8 Å². The minimum atomic E-state index is -0.988.